The van der Waals surface area contributed by atoms with Gasteiger partial charge in [-0.1, -0.05) is 0 Å². The summed E-state index contributed by atoms with van der Waals surface area (Å²) in [5.41, 5.74) is 0.310. The van der Waals surface area contributed by atoms with E-state index in [9.17, 15) is 4.79 Å². The maximum Gasteiger partial charge on any atom is 0.148 e. The van der Waals surface area contributed by atoms with Crippen LogP contribution in [-0.2, 0) is 4.79 Å². The van der Waals surface area contributed by atoms with Gasteiger partial charge in [0.25, 0.3) is 0 Å². The van der Waals surface area contributed by atoms with Gasteiger partial charge in [0.1, 0.15) is 12.0 Å². The summed E-state index contributed by atoms with van der Waals surface area (Å²) < 4.78 is 4.97. The molecule has 0 saturated heterocycles. The normalized spacial score (nSPS) is 14.3. The van der Waals surface area contributed by atoms with Crippen molar-refractivity contribution >= 4 is 12.4 Å². The van der Waals surface area contributed by atoms with Gasteiger partial charge in [0.2, 0.25) is 0 Å². The first kappa shape index (κ1) is 8.74. The molecule has 1 rings (SSSR count). The highest BCUT2D eigenvalue weighted by atomic mass is 16.3. The number of hydrogen-bond donors (Lipinski definition) is 1. The monoisotopic (exact) mass is 166 g/mol. The Labute approximate surface area is 70.3 Å². The zero-order valence-electron chi connectivity index (χ0n) is 6.73. The van der Waals surface area contributed by atoms with Crippen molar-refractivity contribution < 1.29 is 14.3 Å². The van der Waals surface area contributed by atoms with Crippen molar-refractivity contribution in [2.45, 2.75) is 13.0 Å². The maximum absolute atomic E-state index is 10.4. The van der Waals surface area contributed by atoms with Crippen molar-refractivity contribution in [2.24, 2.45) is 0 Å². The quantitative estimate of drug-likeness (QED) is 0.543. The summed E-state index contributed by atoms with van der Waals surface area (Å²) in [4.78, 5) is 10.4. The van der Waals surface area contributed by atoms with Crippen molar-refractivity contribution in [3.05, 3.63) is 29.7 Å². The zero-order valence-corrected chi connectivity index (χ0v) is 6.73. The third kappa shape index (κ3) is 2.07. The van der Waals surface area contributed by atoms with Crippen molar-refractivity contribution in [1.82, 2.24) is 0 Å². The van der Waals surface area contributed by atoms with Gasteiger partial charge in [-0.3, -0.25) is 4.79 Å². The number of hydrogen-bond acceptors (Lipinski definition) is 3. The summed E-state index contributed by atoms with van der Waals surface area (Å²) in [5.74, 6) is 0.568. The Bertz CT molecular complexity index is 270. The van der Waals surface area contributed by atoms with Gasteiger partial charge in [-0.05, 0) is 25.1 Å². The van der Waals surface area contributed by atoms with Gasteiger partial charge in [-0.25, -0.2) is 0 Å². The molecule has 0 spiro atoms. The molecule has 3 nitrogen and oxygen atoms in total. The largest absolute Gasteiger partial charge is 0.465 e. The molecule has 0 aliphatic carbocycles. The molecule has 1 atom stereocenters. The van der Waals surface area contributed by atoms with Gasteiger partial charge in [0, 0.05) is 5.57 Å². The van der Waals surface area contributed by atoms with E-state index in [-0.39, 0.29) is 0 Å². The summed E-state index contributed by atoms with van der Waals surface area (Å²) in [7, 11) is 0. The number of aliphatic hydroxyl groups excluding tert-OH is 1. The molecule has 1 heterocycles. The van der Waals surface area contributed by atoms with Gasteiger partial charge in [0.15, 0.2) is 0 Å². The second kappa shape index (κ2) is 3.88. The van der Waals surface area contributed by atoms with Gasteiger partial charge < -0.3 is 9.52 Å². The van der Waals surface area contributed by atoms with E-state index in [1.54, 1.807) is 12.1 Å². The molecule has 0 aliphatic rings. The lowest BCUT2D eigenvalue weighted by Gasteiger charge is -2.00. The number of carbonyl (C=O) groups is 1. The Kier molecular flexibility index (Phi) is 2.82. The first-order valence-electron chi connectivity index (χ1n) is 3.62. The van der Waals surface area contributed by atoms with E-state index in [1.165, 1.54) is 19.3 Å². The van der Waals surface area contributed by atoms with E-state index in [4.69, 9.17) is 9.52 Å². The minimum absolute atomic E-state index is 0.310. The molecule has 12 heavy (non-hydrogen) atoms. The predicted molar refractivity (Wildman–Crippen MR) is 44.4 cm³/mol. The summed E-state index contributed by atoms with van der Waals surface area (Å²) in [6.07, 6.45) is 2.88. The van der Waals surface area contributed by atoms with E-state index >= 15 is 0 Å². The fourth-order valence-electron chi connectivity index (χ4n) is 0.791. The molecule has 1 aromatic heterocycles. The van der Waals surface area contributed by atoms with Gasteiger partial charge in [-0.15, -0.1) is 0 Å². The molecule has 0 aliphatic heterocycles. The van der Waals surface area contributed by atoms with Gasteiger partial charge in [0.05, 0.1) is 12.4 Å². The zero-order chi connectivity index (χ0) is 8.97. The highest BCUT2D eigenvalue weighted by Crippen LogP contribution is 2.08. The molecule has 1 N–H and O–H groups in total. The molecular formula is C9H10O3. The Balaban J connectivity index is 2.85. The lowest BCUT2D eigenvalue weighted by atomic mass is 10.1. The third-order valence-corrected chi connectivity index (χ3v) is 1.47. The molecule has 64 valence electrons. The van der Waals surface area contributed by atoms with Crippen LogP contribution in [0, 0.1) is 0 Å². The van der Waals surface area contributed by atoms with E-state index in [0.717, 1.165) is 0 Å². The molecule has 1 unspecified atom stereocenters. The predicted octanol–water partition coefficient (Wildman–Crippen LogP) is 1.24. The van der Waals surface area contributed by atoms with Crippen LogP contribution < -0.4 is 0 Å². The molecule has 0 radical (unpaired) electrons. The van der Waals surface area contributed by atoms with E-state index in [0.29, 0.717) is 17.6 Å². The fraction of sp³-hybridized carbons (Fsp3) is 0.222. The van der Waals surface area contributed by atoms with Crippen LogP contribution in [0.25, 0.3) is 6.08 Å². The van der Waals surface area contributed by atoms with Crippen molar-refractivity contribution in [1.29, 1.82) is 0 Å². The second-order valence-electron chi connectivity index (χ2n) is 2.45. The highest BCUT2D eigenvalue weighted by Gasteiger charge is 2.03. The number of rotatable bonds is 3. The SMILES string of the molecule is CC(O)/C(C=O)=C/c1ccco1. The van der Waals surface area contributed by atoms with Crippen molar-refractivity contribution in [2.75, 3.05) is 0 Å². The standard InChI is InChI=1S/C9H10O3/c1-7(11)8(6-10)5-9-3-2-4-12-9/h2-7,11H,1H3/b8-5+. The molecule has 0 amide bonds. The number of furan rings is 1. The lowest BCUT2D eigenvalue weighted by Crippen LogP contribution is -2.04. The molecular weight excluding hydrogens is 156 g/mol. The van der Waals surface area contributed by atoms with Crippen LogP contribution in [0.2, 0.25) is 0 Å². The molecule has 0 fully saturated rings. The third-order valence-electron chi connectivity index (χ3n) is 1.47. The number of carbonyl (C=O) groups excluding carboxylic acids is 1. The summed E-state index contributed by atoms with van der Waals surface area (Å²) in [6.45, 7) is 1.53. The van der Waals surface area contributed by atoms with Crippen LogP contribution in [0.1, 0.15) is 12.7 Å². The van der Waals surface area contributed by atoms with E-state index in [1.807, 2.05) is 0 Å². The maximum atomic E-state index is 10.4. The topological polar surface area (TPSA) is 50.4 Å². The minimum Gasteiger partial charge on any atom is -0.465 e. The highest BCUT2D eigenvalue weighted by molar-refractivity contribution is 5.82. The summed E-state index contributed by atoms with van der Waals surface area (Å²) in [5, 5.41) is 9.07. The summed E-state index contributed by atoms with van der Waals surface area (Å²) >= 11 is 0. The van der Waals surface area contributed by atoms with Crippen LogP contribution >= 0.6 is 0 Å². The smallest absolute Gasteiger partial charge is 0.148 e. The van der Waals surface area contributed by atoms with Crippen LogP contribution in [0.4, 0.5) is 0 Å². The molecule has 0 aromatic carbocycles. The van der Waals surface area contributed by atoms with Crippen LogP contribution in [-0.4, -0.2) is 17.5 Å². The Morgan fingerprint density at radius 3 is 2.92 bits per heavy atom. The van der Waals surface area contributed by atoms with Crippen LogP contribution in [0.3, 0.4) is 0 Å². The van der Waals surface area contributed by atoms with E-state index in [2.05, 4.69) is 0 Å². The minimum atomic E-state index is -0.757. The van der Waals surface area contributed by atoms with Crippen molar-refractivity contribution in [3.63, 3.8) is 0 Å². The number of aldehydes is 1. The van der Waals surface area contributed by atoms with Crippen LogP contribution in [0.15, 0.2) is 28.4 Å². The van der Waals surface area contributed by atoms with Crippen molar-refractivity contribution in [3.8, 4) is 0 Å². The van der Waals surface area contributed by atoms with Crippen LogP contribution in [0.5, 0.6) is 0 Å². The Hall–Kier alpha value is -1.35. The average molecular weight is 166 g/mol. The fourth-order valence-corrected chi connectivity index (χ4v) is 0.791. The first-order valence-corrected chi connectivity index (χ1v) is 3.62. The Morgan fingerprint density at radius 1 is 1.75 bits per heavy atom. The average Bonchev–Trinajstić information content (AvgIpc) is 2.51. The number of aliphatic hydroxyl groups is 1. The van der Waals surface area contributed by atoms with E-state index < -0.39 is 6.10 Å². The second-order valence-corrected chi connectivity index (χ2v) is 2.45. The first-order chi connectivity index (χ1) is 5.74. The molecule has 3 heteroatoms. The lowest BCUT2D eigenvalue weighted by molar-refractivity contribution is -0.105. The Morgan fingerprint density at radius 2 is 2.50 bits per heavy atom. The van der Waals surface area contributed by atoms with Gasteiger partial charge >= 0.3 is 0 Å². The summed E-state index contributed by atoms with van der Waals surface area (Å²) in [6, 6.07) is 3.43. The molecule has 1 aromatic rings. The van der Waals surface area contributed by atoms with Gasteiger partial charge in [-0.2, -0.15) is 0 Å². The molecule has 0 bridgehead atoms. The molecule has 0 saturated carbocycles.